The van der Waals surface area contributed by atoms with E-state index in [9.17, 15) is 53.3 Å². The molecule has 0 bridgehead atoms. The number of carbonyl (C=O) groups excluding carboxylic acids is 9. The summed E-state index contributed by atoms with van der Waals surface area (Å²) >= 11 is 0. The highest BCUT2D eigenvalue weighted by atomic mass is 16.7. The zero-order valence-electron chi connectivity index (χ0n) is 41.4. The number of benzene rings is 2. The number of nitro groups is 1. The number of ketones is 1. The number of Topliss-reactive ketones (excluding diaryl/α,β-unsaturated/α-hetero) is 1. The Morgan fingerprint density at radius 1 is 0.716 bits per heavy atom. The summed E-state index contributed by atoms with van der Waals surface area (Å²) in [4.78, 5) is 137. The predicted molar refractivity (Wildman–Crippen MR) is 268 cm³/mol. The van der Waals surface area contributed by atoms with Crippen molar-refractivity contribution in [1.29, 1.82) is 5.41 Å². The van der Waals surface area contributed by atoms with Gasteiger partial charge in [-0.2, -0.15) is 0 Å². The Morgan fingerprint density at radius 3 is 1.89 bits per heavy atom. The van der Waals surface area contributed by atoms with E-state index in [2.05, 4.69) is 21.3 Å². The van der Waals surface area contributed by atoms with Gasteiger partial charge >= 0.3 is 5.91 Å². The van der Waals surface area contributed by atoms with Crippen LogP contribution in [0.5, 0.6) is 0 Å². The fraction of sp³-hybridized carbons (Fsp3) is 0.551. The quantitative estimate of drug-likeness (QED) is 0.0149. The number of hydrazine groups is 1. The van der Waals surface area contributed by atoms with Gasteiger partial charge in [-0.25, -0.2) is 10.1 Å². The van der Waals surface area contributed by atoms with Crippen LogP contribution >= 0.6 is 0 Å². The molecule has 3 saturated heterocycles. The fourth-order valence-electron chi connectivity index (χ4n) is 9.73. The van der Waals surface area contributed by atoms with Crippen molar-refractivity contribution in [3.63, 3.8) is 0 Å². The van der Waals surface area contributed by atoms with Gasteiger partial charge in [-0.05, 0) is 93.2 Å². The van der Waals surface area contributed by atoms with Crippen molar-refractivity contribution in [2.24, 2.45) is 22.9 Å². The molecule has 5 rings (SSSR count). The highest BCUT2D eigenvalue weighted by Gasteiger charge is 2.46. The van der Waals surface area contributed by atoms with Crippen LogP contribution in [0.3, 0.4) is 0 Å². The van der Waals surface area contributed by atoms with E-state index in [1.54, 1.807) is 36.6 Å². The number of carbonyl (C=O) groups is 8. The summed E-state index contributed by atoms with van der Waals surface area (Å²) in [5.74, 6) is -5.94. The molecule has 8 atom stereocenters. The van der Waals surface area contributed by atoms with Gasteiger partial charge in [0, 0.05) is 32.6 Å². The van der Waals surface area contributed by atoms with Gasteiger partial charge in [-0.3, -0.25) is 48.6 Å². The average molecular weight is 1030 g/mol. The highest BCUT2D eigenvalue weighted by Crippen LogP contribution is 2.27. The fourth-order valence-corrected chi connectivity index (χ4v) is 9.73. The van der Waals surface area contributed by atoms with Crippen LogP contribution in [0.1, 0.15) is 81.8 Å². The lowest BCUT2D eigenvalue weighted by molar-refractivity contribution is -0.640. The minimum atomic E-state index is -1.79. The van der Waals surface area contributed by atoms with Gasteiger partial charge < -0.3 is 58.9 Å². The zero-order valence-corrected chi connectivity index (χ0v) is 41.4. The van der Waals surface area contributed by atoms with Crippen molar-refractivity contribution in [3.05, 3.63) is 81.9 Å². The van der Waals surface area contributed by atoms with E-state index in [-0.39, 0.29) is 82.6 Å². The summed E-state index contributed by atoms with van der Waals surface area (Å²) in [6, 6.07) is 7.70. The largest absolute Gasteiger partial charge is 0.370 e. The van der Waals surface area contributed by atoms with Crippen LogP contribution in [-0.4, -0.2) is 172 Å². The number of rotatable bonds is 27. The summed E-state index contributed by atoms with van der Waals surface area (Å²) < 4.78 is 0. The van der Waals surface area contributed by atoms with Crippen LogP contribution < -0.4 is 44.2 Å². The summed E-state index contributed by atoms with van der Waals surface area (Å²) in [7, 11) is 0. The maximum absolute atomic E-state index is 14.6. The van der Waals surface area contributed by atoms with Crippen molar-refractivity contribution in [1.82, 2.24) is 41.0 Å². The maximum atomic E-state index is 14.6. The predicted octanol–water partition coefficient (Wildman–Crippen LogP) is -2.35. The molecule has 7 amide bonds. The van der Waals surface area contributed by atoms with E-state index < -0.39 is 113 Å². The SMILES string of the molecule is N=C(N)NCCC[C@@H](C(=O)C(N)CCC[C@H](N)C(=O)N1CCC[C@H]1C(=O)N1CCC[C@H]1C(=O)NC[C]=O)N(C(=O)[C@H](Cc1ccccc1)NC(=O)[C@@H]1CCCN1C(=O)CNC(=O)[C@@H](N)Cc1ccccc1)[N+](=O)[O-]. The molecule has 1 radical (unpaired) electrons. The smallest absolute Gasteiger partial charge is 0.306 e. The molecule has 3 aliphatic rings. The van der Waals surface area contributed by atoms with Crippen LogP contribution in [-0.2, 0) is 56.0 Å². The Kier molecular flexibility index (Phi) is 21.9. The molecule has 401 valence electrons. The van der Waals surface area contributed by atoms with Gasteiger partial charge in [0.25, 0.3) is 0 Å². The number of likely N-dealkylation sites (tertiary alicyclic amines) is 3. The lowest BCUT2D eigenvalue weighted by Gasteiger charge is -2.32. The molecule has 0 aliphatic carbocycles. The summed E-state index contributed by atoms with van der Waals surface area (Å²) in [6.45, 7) is -0.115. The first kappa shape index (κ1) is 57.5. The number of hydrogen-bond donors (Lipinski definition) is 9. The summed E-state index contributed by atoms with van der Waals surface area (Å²) in [5, 5.41) is 29.9. The highest BCUT2D eigenvalue weighted by molar-refractivity contribution is 5.97. The number of nitrogens with zero attached hydrogens (tertiary/aromatic N) is 5. The standard InChI is InChI=1S/C49H69N14O11/c50-33(16-7-17-34(51)46(70)61-26-11-21-40(61)48(72)60-25-10-19-38(60)44(68)55-23-27-64)42(66)37(18-8-22-56-49(53)54)62(63(73)74)47(71)36(29-32-14-5-2-6-15-32)58-45(69)39-20-9-24-59(39)41(65)30-57-43(67)35(52)28-31-12-3-1-4-13-31/h1-6,12-15,33-40H,7-11,16-26,28-30,50-52H2,(H,55,68)(H,57,67)(H,58,69)(H4,53,54,56)/t33?,34-,35-,36-,37-,38-,39-,40-/m0/s1. The molecular weight excluding hydrogens is 961 g/mol. The van der Waals surface area contributed by atoms with Crippen LogP contribution in [0.4, 0.5) is 0 Å². The molecule has 2 aromatic carbocycles. The van der Waals surface area contributed by atoms with E-state index in [1.807, 2.05) is 30.3 Å². The Morgan fingerprint density at radius 2 is 1.28 bits per heavy atom. The van der Waals surface area contributed by atoms with E-state index >= 15 is 0 Å². The van der Waals surface area contributed by atoms with E-state index in [1.165, 1.54) is 14.7 Å². The second kappa shape index (κ2) is 28.2. The molecule has 13 N–H and O–H groups in total. The molecule has 0 aromatic heterocycles. The third-order valence-electron chi connectivity index (χ3n) is 13.5. The molecule has 3 aliphatic heterocycles. The molecule has 0 saturated carbocycles. The summed E-state index contributed by atoms with van der Waals surface area (Å²) in [5.41, 5.74) is 25.7. The lowest BCUT2D eigenvalue weighted by atomic mass is 9.95. The number of nitrogens with one attached hydrogen (secondary N) is 5. The van der Waals surface area contributed by atoms with Crippen LogP contribution in [0.2, 0.25) is 0 Å². The van der Waals surface area contributed by atoms with Crippen molar-refractivity contribution in [3.8, 4) is 0 Å². The molecule has 1 unspecified atom stereocenters. The van der Waals surface area contributed by atoms with Gasteiger partial charge in [-0.1, -0.05) is 60.7 Å². The third kappa shape index (κ3) is 15.8. The number of amides is 7. The van der Waals surface area contributed by atoms with E-state index in [0.717, 1.165) is 5.56 Å². The monoisotopic (exact) mass is 1030 g/mol. The second-order valence-corrected chi connectivity index (χ2v) is 18.7. The lowest BCUT2D eigenvalue weighted by Crippen LogP contribution is -2.60. The van der Waals surface area contributed by atoms with Crippen molar-refractivity contribution < 1.29 is 48.2 Å². The summed E-state index contributed by atoms with van der Waals surface area (Å²) in [6.07, 6.45) is 3.57. The Labute approximate surface area is 428 Å². The van der Waals surface area contributed by atoms with Crippen molar-refractivity contribution >= 4 is 59.4 Å². The van der Waals surface area contributed by atoms with Gasteiger partial charge in [0.15, 0.2) is 22.8 Å². The normalized spacial score (nSPS) is 19.3. The van der Waals surface area contributed by atoms with Crippen molar-refractivity contribution in [2.45, 2.75) is 132 Å². The molecule has 25 heteroatoms. The Balaban J connectivity index is 1.26. The van der Waals surface area contributed by atoms with Gasteiger partial charge in [-0.15, -0.1) is 0 Å². The topological polar surface area (TPSA) is 386 Å². The van der Waals surface area contributed by atoms with Crippen molar-refractivity contribution in [2.75, 3.05) is 39.3 Å². The third-order valence-corrected chi connectivity index (χ3v) is 13.5. The van der Waals surface area contributed by atoms with Crippen LogP contribution in [0.15, 0.2) is 60.7 Å². The first-order valence-electron chi connectivity index (χ1n) is 25.0. The second-order valence-electron chi connectivity index (χ2n) is 18.7. The molecule has 3 fully saturated rings. The van der Waals surface area contributed by atoms with Crippen LogP contribution in [0, 0.1) is 15.5 Å². The molecule has 0 spiro atoms. The van der Waals surface area contributed by atoms with Gasteiger partial charge in [0.2, 0.25) is 41.7 Å². The molecule has 25 nitrogen and oxygen atoms in total. The Hall–Kier alpha value is -7.38. The minimum Gasteiger partial charge on any atom is -0.370 e. The number of hydrogen-bond acceptors (Lipinski definition) is 15. The minimum absolute atomic E-state index is 0.000715. The zero-order chi connectivity index (χ0) is 53.9. The number of guanidine groups is 1. The van der Waals surface area contributed by atoms with E-state index in [4.69, 9.17) is 28.3 Å². The molecular formula is C49H69N14O11. The molecule has 2 aromatic rings. The average Bonchev–Trinajstić information content (AvgIpc) is 4.20. The first-order valence-corrected chi connectivity index (χ1v) is 25.0. The first-order chi connectivity index (χ1) is 35.4. The van der Waals surface area contributed by atoms with Crippen LogP contribution in [0.25, 0.3) is 0 Å². The Bertz CT molecular complexity index is 2330. The molecule has 74 heavy (non-hydrogen) atoms. The number of nitrogens with two attached hydrogens (primary N) is 4. The molecule has 3 heterocycles. The van der Waals surface area contributed by atoms with Gasteiger partial charge in [0.1, 0.15) is 24.2 Å². The van der Waals surface area contributed by atoms with E-state index in [0.29, 0.717) is 44.2 Å². The van der Waals surface area contributed by atoms with Gasteiger partial charge in [0.05, 0.1) is 31.2 Å². The maximum Gasteiger partial charge on any atom is 0.306 e.